The van der Waals surface area contributed by atoms with E-state index >= 15 is 0 Å². The minimum Gasteiger partial charge on any atom is -0.462 e. The predicted molar refractivity (Wildman–Crippen MR) is 297 cm³/mol. The molecule has 0 aliphatic carbocycles. The van der Waals surface area contributed by atoms with E-state index in [4.69, 9.17) is 14.2 Å². The third kappa shape index (κ3) is 54.1. The van der Waals surface area contributed by atoms with Gasteiger partial charge in [-0.2, -0.15) is 0 Å². The molecule has 0 saturated heterocycles. The van der Waals surface area contributed by atoms with E-state index < -0.39 is 6.10 Å². The number of ether oxygens (including phenoxy) is 3. The van der Waals surface area contributed by atoms with Crippen LogP contribution in [-0.2, 0) is 28.6 Å². The molecule has 0 aromatic carbocycles. The molecule has 0 radical (unpaired) electrons. The zero-order valence-electron chi connectivity index (χ0n) is 44.0. The Bertz CT molecular complexity index is 1560. The van der Waals surface area contributed by atoms with Crippen LogP contribution >= 0.6 is 0 Å². The maximum atomic E-state index is 12.8. The Labute approximate surface area is 423 Å². The van der Waals surface area contributed by atoms with E-state index in [2.05, 4.69) is 130 Å². The first-order chi connectivity index (χ1) is 34.0. The van der Waals surface area contributed by atoms with Crippen LogP contribution in [0.15, 0.2) is 146 Å². The summed E-state index contributed by atoms with van der Waals surface area (Å²) in [6, 6.07) is 0. The highest BCUT2D eigenvalue weighted by Crippen LogP contribution is 2.13. The van der Waals surface area contributed by atoms with Gasteiger partial charge in [0.25, 0.3) is 0 Å². The molecule has 386 valence electrons. The van der Waals surface area contributed by atoms with Crippen LogP contribution in [0.5, 0.6) is 0 Å². The quantitative estimate of drug-likeness (QED) is 0.0199. The Morgan fingerprint density at radius 3 is 1.01 bits per heavy atom. The van der Waals surface area contributed by atoms with E-state index in [1.165, 1.54) is 19.3 Å². The molecule has 6 heteroatoms. The lowest BCUT2D eigenvalue weighted by molar-refractivity contribution is -0.167. The third-order valence-electron chi connectivity index (χ3n) is 10.9. The van der Waals surface area contributed by atoms with Crippen molar-refractivity contribution in [2.45, 2.75) is 219 Å². The summed E-state index contributed by atoms with van der Waals surface area (Å²) in [6.07, 6.45) is 79.6. The Hall–Kier alpha value is -4.71. The predicted octanol–water partition coefficient (Wildman–Crippen LogP) is 18.4. The van der Waals surface area contributed by atoms with Crippen molar-refractivity contribution in [2.24, 2.45) is 0 Å². The van der Waals surface area contributed by atoms with Gasteiger partial charge in [0.15, 0.2) is 6.10 Å². The summed E-state index contributed by atoms with van der Waals surface area (Å²) < 4.78 is 16.8. The molecule has 1 unspecified atom stereocenters. The molecule has 0 heterocycles. The van der Waals surface area contributed by atoms with Crippen LogP contribution in [-0.4, -0.2) is 37.2 Å². The number of unbranched alkanes of at least 4 members (excludes halogenated alkanes) is 16. The molecule has 1 atom stereocenters. The molecule has 69 heavy (non-hydrogen) atoms. The van der Waals surface area contributed by atoms with Crippen molar-refractivity contribution in [3.8, 4) is 0 Å². The Morgan fingerprint density at radius 2 is 0.623 bits per heavy atom. The van der Waals surface area contributed by atoms with Gasteiger partial charge in [-0.3, -0.25) is 14.4 Å². The summed E-state index contributed by atoms with van der Waals surface area (Å²) in [7, 11) is 0. The van der Waals surface area contributed by atoms with Gasteiger partial charge in [-0.05, 0) is 109 Å². The molecular weight excluding hydrogens is 853 g/mol. The first-order valence-corrected chi connectivity index (χ1v) is 27.4. The lowest BCUT2D eigenvalue weighted by Crippen LogP contribution is -2.30. The van der Waals surface area contributed by atoms with E-state index in [9.17, 15) is 14.4 Å². The largest absolute Gasteiger partial charge is 0.462 e. The molecule has 6 nitrogen and oxygen atoms in total. The summed E-state index contributed by atoms with van der Waals surface area (Å²) in [5.41, 5.74) is 0. The second-order valence-electron chi connectivity index (χ2n) is 17.5. The van der Waals surface area contributed by atoms with Crippen LogP contribution in [0.2, 0.25) is 0 Å². The smallest absolute Gasteiger partial charge is 0.306 e. The first kappa shape index (κ1) is 64.3. The zero-order valence-corrected chi connectivity index (χ0v) is 44.0. The molecule has 0 bridgehead atoms. The summed E-state index contributed by atoms with van der Waals surface area (Å²) in [6.45, 7) is 6.25. The molecule has 0 rings (SSSR count). The van der Waals surface area contributed by atoms with E-state index in [0.717, 1.165) is 154 Å². The average molecular weight is 951 g/mol. The van der Waals surface area contributed by atoms with E-state index in [0.29, 0.717) is 12.8 Å². The molecule has 0 saturated carbocycles. The lowest BCUT2D eigenvalue weighted by Gasteiger charge is -2.18. The Morgan fingerprint density at radius 1 is 0.319 bits per heavy atom. The fourth-order valence-corrected chi connectivity index (χ4v) is 6.89. The molecule has 0 aromatic heterocycles. The van der Waals surface area contributed by atoms with E-state index in [1.807, 2.05) is 36.5 Å². The maximum absolute atomic E-state index is 12.8. The van der Waals surface area contributed by atoms with Crippen LogP contribution in [0.25, 0.3) is 0 Å². The highest BCUT2D eigenvalue weighted by Gasteiger charge is 2.19. The van der Waals surface area contributed by atoms with Crippen LogP contribution in [0.4, 0.5) is 0 Å². The highest BCUT2D eigenvalue weighted by atomic mass is 16.6. The van der Waals surface area contributed by atoms with Crippen molar-refractivity contribution < 1.29 is 28.6 Å². The molecule has 0 amide bonds. The number of rotatable bonds is 47. The minimum atomic E-state index is -0.814. The number of hydrogen-bond donors (Lipinski definition) is 0. The summed E-state index contributed by atoms with van der Waals surface area (Å²) in [5, 5.41) is 0. The van der Waals surface area contributed by atoms with Gasteiger partial charge < -0.3 is 14.2 Å². The van der Waals surface area contributed by atoms with Crippen LogP contribution in [0.3, 0.4) is 0 Å². The van der Waals surface area contributed by atoms with Gasteiger partial charge in [0, 0.05) is 19.3 Å². The van der Waals surface area contributed by atoms with Crippen molar-refractivity contribution in [3.05, 3.63) is 146 Å². The summed E-state index contributed by atoms with van der Waals surface area (Å²) in [4.78, 5) is 38.1. The Balaban J connectivity index is 4.53. The number of hydrogen-bond acceptors (Lipinski definition) is 6. The third-order valence-corrected chi connectivity index (χ3v) is 10.9. The van der Waals surface area contributed by atoms with Crippen molar-refractivity contribution in [2.75, 3.05) is 13.2 Å². The fourth-order valence-electron chi connectivity index (χ4n) is 6.89. The highest BCUT2D eigenvalue weighted by molar-refractivity contribution is 5.71. The van der Waals surface area contributed by atoms with Gasteiger partial charge in [0.1, 0.15) is 13.2 Å². The molecule has 0 aliphatic rings. The number of esters is 3. The topological polar surface area (TPSA) is 78.9 Å². The molecule has 0 fully saturated rings. The minimum absolute atomic E-state index is 0.110. The van der Waals surface area contributed by atoms with Gasteiger partial charge in [-0.1, -0.05) is 231 Å². The van der Waals surface area contributed by atoms with Crippen molar-refractivity contribution in [1.82, 2.24) is 0 Å². The SMILES string of the molecule is CC/C=C\C/C=C\C/C=C\C/C=C\CCCCCCCCC(=O)OCC(COC(=O)CCCCCC/C=C\C/C=C\C/C=C\CC)OC(=O)CCCCCCC\C=C/C=C\C=C/C=C\C=C/CCC. The number of allylic oxidation sites excluding steroid dienone is 24. The van der Waals surface area contributed by atoms with Gasteiger partial charge in [0.05, 0.1) is 0 Å². The molecule has 0 aromatic rings. The van der Waals surface area contributed by atoms with Gasteiger partial charge in [-0.25, -0.2) is 0 Å². The van der Waals surface area contributed by atoms with Crippen molar-refractivity contribution in [3.63, 3.8) is 0 Å². The van der Waals surface area contributed by atoms with Gasteiger partial charge in [0.2, 0.25) is 0 Å². The summed E-state index contributed by atoms with van der Waals surface area (Å²) >= 11 is 0. The van der Waals surface area contributed by atoms with Gasteiger partial charge >= 0.3 is 17.9 Å². The zero-order chi connectivity index (χ0) is 50.0. The Kier molecular flexibility index (Phi) is 52.1. The van der Waals surface area contributed by atoms with Crippen LogP contribution < -0.4 is 0 Å². The summed E-state index contributed by atoms with van der Waals surface area (Å²) in [5.74, 6) is -0.979. The molecular formula is C63H98O6. The lowest BCUT2D eigenvalue weighted by atomic mass is 10.1. The second-order valence-corrected chi connectivity index (χ2v) is 17.5. The van der Waals surface area contributed by atoms with Gasteiger partial charge in [-0.15, -0.1) is 0 Å². The monoisotopic (exact) mass is 951 g/mol. The standard InChI is InChI=1S/C63H98O6/c1-4-7-10-13-16-19-22-25-28-30-32-34-35-38-41-44-47-50-53-56-62(65)68-59-60(58-67-61(64)55-52-49-46-43-40-37-27-24-21-18-15-12-9-6-3)69-63(66)57-54-51-48-45-42-39-36-33-31-29-26-23-20-17-14-11-8-5-2/h7,9-12,14,16-21,23,25-29,31-34,36-37,60H,4-6,8,13,15,22,24,30,35,38-59H2,1-3H3/b10-7-,12-9-,14-11-,19-16-,20-17-,21-18-,26-23-,28-25-,31-29-,34-32-,36-33-,37-27-. The average Bonchev–Trinajstić information content (AvgIpc) is 3.35. The van der Waals surface area contributed by atoms with Crippen molar-refractivity contribution in [1.29, 1.82) is 0 Å². The van der Waals surface area contributed by atoms with E-state index in [-0.39, 0.29) is 37.5 Å². The first-order valence-electron chi connectivity index (χ1n) is 27.4. The number of carbonyl (C=O) groups excluding carboxylic acids is 3. The van der Waals surface area contributed by atoms with Crippen LogP contribution in [0.1, 0.15) is 213 Å². The van der Waals surface area contributed by atoms with Crippen LogP contribution in [0, 0.1) is 0 Å². The molecule has 0 aliphatic heterocycles. The molecule has 0 N–H and O–H groups in total. The molecule has 0 spiro atoms. The number of carbonyl (C=O) groups is 3. The maximum Gasteiger partial charge on any atom is 0.306 e. The fraction of sp³-hybridized carbons (Fsp3) is 0.571. The van der Waals surface area contributed by atoms with E-state index in [1.54, 1.807) is 0 Å². The normalized spacial score (nSPS) is 13.3. The second kappa shape index (κ2) is 55.9. The van der Waals surface area contributed by atoms with Crippen molar-refractivity contribution >= 4 is 17.9 Å².